The molecule has 1 N–H and O–H groups in total. The van der Waals surface area contributed by atoms with Crippen LogP contribution in [0.25, 0.3) is 0 Å². The second kappa shape index (κ2) is 7.62. The summed E-state index contributed by atoms with van der Waals surface area (Å²) in [7, 11) is 0. The molecule has 1 fully saturated rings. The van der Waals surface area contributed by atoms with Crippen LogP contribution in [0, 0.1) is 11.8 Å². The summed E-state index contributed by atoms with van der Waals surface area (Å²) in [6, 6.07) is 8.69. The van der Waals surface area contributed by atoms with Crippen LogP contribution in [-0.4, -0.2) is 24.8 Å². The van der Waals surface area contributed by atoms with Crippen molar-refractivity contribution < 1.29 is 4.74 Å². The fourth-order valence-electron chi connectivity index (χ4n) is 3.54. The number of benzene rings is 1. The normalized spacial score (nSPS) is 30.5. The summed E-state index contributed by atoms with van der Waals surface area (Å²) >= 11 is 5.99. The lowest BCUT2D eigenvalue weighted by Crippen LogP contribution is -2.43. The Balaban J connectivity index is 2.12. The summed E-state index contributed by atoms with van der Waals surface area (Å²) < 4.78 is 6.04. The third-order valence-corrected chi connectivity index (χ3v) is 5.06. The zero-order valence-corrected chi connectivity index (χ0v) is 14.4. The van der Waals surface area contributed by atoms with E-state index in [1.165, 1.54) is 5.56 Å². The van der Waals surface area contributed by atoms with Gasteiger partial charge in [0.15, 0.2) is 0 Å². The molecular weight excluding hydrogens is 282 g/mol. The highest BCUT2D eigenvalue weighted by Crippen LogP contribution is 2.35. The van der Waals surface area contributed by atoms with Crippen LogP contribution in [0.4, 0.5) is 0 Å². The van der Waals surface area contributed by atoms with E-state index in [1.807, 2.05) is 12.1 Å². The number of hydrogen-bond acceptors (Lipinski definition) is 2. The van der Waals surface area contributed by atoms with E-state index in [1.54, 1.807) is 0 Å². The van der Waals surface area contributed by atoms with Gasteiger partial charge >= 0.3 is 0 Å². The predicted molar refractivity (Wildman–Crippen MR) is 89.9 cm³/mol. The van der Waals surface area contributed by atoms with Crippen LogP contribution < -0.4 is 5.32 Å². The van der Waals surface area contributed by atoms with Crippen LogP contribution >= 0.6 is 11.6 Å². The average molecular weight is 310 g/mol. The maximum Gasteiger partial charge on any atom is 0.0597 e. The summed E-state index contributed by atoms with van der Waals surface area (Å²) in [4.78, 5) is 0. The predicted octanol–water partition coefficient (Wildman–Crippen LogP) is 4.31. The van der Waals surface area contributed by atoms with E-state index in [2.05, 4.69) is 45.1 Å². The monoisotopic (exact) mass is 309 g/mol. The lowest BCUT2D eigenvalue weighted by Gasteiger charge is -2.30. The molecule has 2 rings (SSSR count). The van der Waals surface area contributed by atoms with Crippen LogP contribution in [0.3, 0.4) is 0 Å². The molecule has 0 saturated carbocycles. The highest BCUT2D eigenvalue weighted by molar-refractivity contribution is 6.30. The minimum atomic E-state index is 0.316. The average Bonchev–Trinajstić information content (AvgIpc) is 2.71. The van der Waals surface area contributed by atoms with Gasteiger partial charge < -0.3 is 10.1 Å². The Hall–Kier alpha value is -0.570. The molecule has 0 bridgehead atoms. The van der Waals surface area contributed by atoms with Gasteiger partial charge in [-0.1, -0.05) is 37.6 Å². The van der Waals surface area contributed by atoms with Crippen molar-refractivity contribution in [1.29, 1.82) is 0 Å². The molecule has 118 valence electrons. The highest BCUT2D eigenvalue weighted by Gasteiger charge is 2.41. The summed E-state index contributed by atoms with van der Waals surface area (Å²) in [5, 5.41) is 4.55. The Labute approximate surface area is 134 Å². The topological polar surface area (TPSA) is 21.3 Å². The molecule has 0 aliphatic carbocycles. The van der Waals surface area contributed by atoms with Gasteiger partial charge in [-0.15, -0.1) is 0 Å². The van der Waals surface area contributed by atoms with Crippen molar-refractivity contribution in [3.63, 3.8) is 0 Å². The molecule has 21 heavy (non-hydrogen) atoms. The van der Waals surface area contributed by atoms with Gasteiger partial charge in [0.05, 0.1) is 12.2 Å². The van der Waals surface area contributed by atoms with Crippen molar-refractivity contribution >= 4 is 11.6 Å². The molecule has 5 atom stereocenters. The summed E-state index contributed by atoms with van der Waals surface area (Å²) in [5.74, 6) is 1.14. The third kappa shape index (κ3) is 4.21. The maximum absolute atomic E-state index is 6.04. The van der Waals surface area contributed by atoms with E-state index in [-0.39, 0.29) is 0 Å². The van der Waals surface area contributed by atoms with Crippen molar-refractivity contribution in [2.24, 2.45) is 11.8 Å². The molecule has 0 spiro atoms. The zero-order chi connectivity index (χ0) is 15.4. The second-order valence-electron chi connectivity index (χ2n) is 6.37. The summed E-state index contributed by atoms with van der Waals surface area (Å²) in [6.45, 7) is 10.0. The van der Waals surface area contributed by atoms with E-state index in [4.69, 9.17) is 16.3 Å². The quantitative estimate of drug-likeness (QED) is 0.845. The van der Waals surface area contributed by atoms with Crippen LogP contribution in [0.15, 0.2) is 24.3 Å². The lowest BCUT2D eigenvalue weighted by atomic mass is 9.81. The van der Waals surface area contributed by atoms with Crippen molar-refractivity contribution in [3.8, 4) is 0 Å². The third-order valence-electron chi connectivity index (χ3n) is 4.81. The minimum absolute atomic E-state index is 0.316. The standard InChI is InChI=1S/C18H28ClNO/c1-5-10-20-17(11-15-6-8-16(19)9-7-15)18-12(2)13(3)21-14(18)4/h6-9,12-14,17-18,20H,5,10-11H2,1-4H3. The second-order valence-corrected chi connectivity index (χ2v) is 6.81. The molecular formula is C18H28ClNO. The summed E-state index contributed by atoms with van der Waals surface area (Å²) in [5.41, 5.74) is 1.34. The Morgan fingerprint density at radius 3 is 2.33 bits per heavy atom. The van der Waals surface area contributed by atoms with Gasteiger partial charge in [0.25, 0.3) is 0 Å². The first-order chi connectivity index (χ1) is 10.0. The Morgan fingerprint density at radius 2 is 1.81 bits per heavy atom. The molecule has 1 aliphatic heterocycles. The molecule has 1 heterocycles. The van der Waals surface area contributed by atoms with Gasteiger partial charge in [-0.25, -0.2) is 0 Å². The van der Waals surface area contributed by atoms with Crippen molar-refractivity contribution in [1.82, 2.24) is 5.32 Å². The van der Waals surface area contributed by atoms with E-state index in [0.29, 0.717) is 30.1 Å². The fraction of sp³-hybridized carbons (Fsp3) is 0.667. The van der Waals surface area contributed by atoms with Gasteiger partial charge in [-0.05, 0) is 56.8 Å². The van der Waals surface area contributed by atoms with E-state index < -0.39 is 0 Å². The number of hydrogen-bond donors (Lipinski definition) is 1. The van der Waals surface area contributed by atoms with Crippen LogP contribution in [0.5, 0.6) is 0 Å². The van der Waals surface area contributed by atoms with Crippen molar-refractivity contribution in [3.05, 3.63) is 34.9 Å². The van der Waals surface area contributed by atoms with Gasteiger partial charge in [0.2, 0.25) is 0 Å². The number of halogens is 1. The molecule has 0 amide bonds. The van der Waals surface area contributed by atoms with E-state index in [9.17, 15) is 0 Å². The minimum Gasteiger partial charge on any atom is -0.375 e. The summed E-state index contributed by atoms with van der Waals surface area (Å²) in [6.07, 6.45) is 2.85. The van der Waals surface area contributed by atoms with Crippen molar-refractivity contribution in [2.75, 3.05) is 6.54 Å². The lowest BCUT2D eigenvalue weighted by molar-refractivity contribution is 0.0476. The molecule has 1 saturated heterocycles. The first-order valence-corrected chi connectivity index (χ1v) is 8.54. The maximum atomic E-state index is 6.04. The van der Waals surface area contributed by atoms with Gasteiger partial charge in [0, 0.05) is 17.0 Å². The van der Waals surface area contributed by atoms with Gasteiger partial charge in [-0.2, -0.15) is 0 Å². The smallest absolute Gasteiger partial charge is 0.0597 e. The fourth-order valence-corrected chi connectivity index (χ4v) is 3.66. The zero-order valence-electron chi connectivity index (χ0n) is 13.6. The molecule has 1 aliphatic rings. The van der Waals surface area contributed by atoms with Crippen LogP contribution in [0.2, 0.25) is 5.02 Å². The Morgan fingerprint density at radius 1 is 1.14 bits per heavy atom. The Bertz CT molecular complexity index is 433. The number of rotatable bonds is 6. The highest BCUT2D eigenvalue weighted by atomic mass is 35.5. The first-order valence-electron chi connectivity index (χ1n) is 8.16. The van der Waals surface area contributed by atoms with Crippen LogP contribution in [0.1, 0.15) is 39.7 Å². The molecule has 1 aromatic rings. The Kier molecular flexibility index (Phi) is 6.09. The molecule has 0 radical (unpaired) electrons. The molecule has 0 aromatic heterocycles. The molecule has 3 heteroatoms. The largest absolute Gasteiger partial charge is 0.375 e. The number of nitrogens with one attached hydrogen (secondary N) is 1. The molecule has 5 unspecified atom stereocenters. The van der Waals surface area contributed by atoms with E-state index in [0.717, 1.165) is 24.4 Å². The van der Waals surface area contributed by atoms with Crippen molar-refractivity contribution in [2.45, 2.75) is 58.8 Å². The van der Waals surface area contributed by atoms with Gasteiger partial charge in [0.1, 0.15) is 0 Å². The number of ether oxygens (including phenoxy) is 1. The van der Waals surface area contributed by atoms with Gasteiger partial charge in [-0.3, -0.25) is 0 Å². The molecule has 2 nitrogen and oxygen atoms in total. The first kappa shape index (κ1) is 16.8. The van der Waals surface area contributed by atoms with Crippen LogP contribution in [-0.2, 0) is 11.2 Å². The van der Waals surface area contributed by atoms with E-state index >= 15 is 0 Å². The SMILES string of the molecule is CCCNC(Cc1ccc(Cl)cc1)C1C(C)OC(C)C1C. The molecule has 1 aromatic carbocycles.